The second kappa shape index (κ2) is 7.35. The van der Waals surface area contributed by atoms with Crippen molar-refractivity contribution in [2.24, 2.45) is 5.92 Å². The molecule has 1 aliphatic rings. The molecule has 7 heteroatoms. The Kier molecular flexibility index (Phi) is 4.97. The van der Waals surface area contributed by atoms with E-state index in [9.17, 15) is 19.7 Å². The molecule has 0 aliphatic carbocycles. The molecular weight excluding hydrogens is 334 g/mol. The lowest BCUT2D eigenvalue weighted by Crippen LogP contribution is -2.28. The number of rotatable bonds is 5. The lowest BCUT2D eigenvalue weighted by molar-refractivity contribution is -0.384. The first-order chi connectivity index (χ1) is 12.5. The highest BCUT2D eigenvalue weighted by molar-refractivity contribution is 6.03. The van der Waals surface area contributed by atoms with Gasteiger partial charge in [-0.2, -0.15) is 0 Å². The van der Waals surface area contributed by atoms with Crippen molar-refractivity contribution >= 4 is 28.9 Å². The van der Waals surface area contributed by atoms with E-state index in [2.05, 4.69) is 5.32 Å². The summed E-state index contributed by atoms with van der Waals surface area (Å²) in [6.45, 7) is 2.34. The summed E-state index contributed by atoms with van der Waals surface area (Å²) in [6, 6.07) is 13.5. The van der Waals surface area contributed by atoms with Crippen LogP contribution < -0.4 is 10.2 Å². The number of carbonyl (C=O) groups excluding carboxylic acids is 2. The Hall–Kier alpha value is -3.22. The molecule has 0 radical (unpaired) electrons. The number of aryl methyl sites for hydroxylation is 1. The van der Waals surface area contributed by atoms with Crippen molar-refractivity contribution in [3.8, 4) is 0 Å². The predicted octanol–water partition coefficient (Wildman–Crippen LogP) is 3.15. The summed E-state index contributed by atoms with van der Waals surface area (Å²) in [5.41, 5.74) is 2.17. The summed E-state index contributed by atoms with van der Waals surface area (Å²) in [7, 11) is 0. The first kappa shape index (κ1) is 17.6. The fourth-order valence-electron chi connectivity index (χ4n) is 3.02. The van der Waals surface area contributed by atoms with Crippen LogP contribution in [0.25, 0.3) is 0 Å². The summed E-state index contributed by atoms with van der Waals surface area (Å²) in [4.78, 5) is 36.8. The number of nitro benzene ring substituents is 1. The monoisotopic (exact) mass is 353 g/mol. The number of hydrogen-bond donors (Lipinski definition) is 1. The van der Waals surface area contributed by atoms with Crippen molar-refractivity contribution < 1.29 is 14.5 Å². The molecule has 26 heavy (non-hydrogen) atoms. The van der Waals surface area contributed by atoms with Gasteiger partial charge in [0.15, 0.2) is 0 Å². The largest absolute Gasteiger partial charge is 0.326 e. The first-order valence-electron chi connectivity index (χ1n) is 8.42. The minimum atomic E-state index is -0.517. The van der Waals surface area contributed by atoms with Gasteiger partial charge in [0.1, 0.15) is 0 Å². The Bertz CT molecular complexity index is 865. The molecular formula is C19H19N3O4. The van der Waals surface area contributed by atoms with Gasteiger partial charge in [0.25, 0.3) is 5.69 Å². The Morgan fingerprint density at radius 1 is 1.27 bits per heavy atom. The lowest BCUT2D eigenvalue weighted by Gasteiger charge is -2.17. The van der Waals surface area contributed by atoms with Crippen LogP contribution in [-0.2, 0) is 16.0 Å². The minimum absolute atomic E-state index is 0.0942. The van der Waals surface area contributed by atoms with E-state index in [0.29, 0.717) is 12.2 Å². The van der Waals surface area contributed by atoms with Crippen LogP contribution in [0.4, 0.5) is 17.1 Å². The second-order valence-electron chi connectivity index (χ2n) is 6.23. The van der Waals surface area contributed by atoms with Crippen molar-refractivity contribution in [2.75, 3.05) is 16.8 Å². The van der Waals surface area contributed by atoms with Gasteiger partial charge in [-0.1, -0.05) is 25.1 Å². The third-order valence-corrected chi connectivity index (χ3v) is 4.45. The quantitative estimate of drug-likeness (QED) is 0.660. The minimum Gasteiger partial charge on any atom is -0.326 e. The SMILES string of the molecule is CCc1cccc(N2CC(C(=O)Nc3cccc([N+](=O)[O-])c3)CC2=O)c1. The smallest absolute Gasteiger partial charge is 0.271 e. The number of hydrogen-bond acceptors (Lipinski definition) is 4. The van der Waals surface area contributed by atoms with Crippen LogP contribution >= 0.6 is 0 Å². The highest BCUT2D eigenvalue weighted by atomic mass is 16.6. The first-order valence-corrected chi connectivity index (χ1v) is 8.42. The lowest BCUT2D eigenvalue weighted by atomic mass is 10.1. The summed E-state index contributed by atoms with van der Waals surface area (Å²) in [6.07, 6.45) is 0.990. The molecule has 1 fully saturated rings. The molecule has 1 saturated heterocycles. The molecule has 1 aliphatic heterocycles. The molecule has 0 aromatic heterocycles. The Morgan fingerprint density at radius 2 is 2.04 bits per heavy atom. The van der Waals surface area contributed by atoms with E-state index in [-0.39, 0.29) is 23.9 Å². The molecule has 0 bridgehead atoms. The summed E-state index contributed by atoms with van der Waals surface area (Å²) in [5, 5.41) is 13.5. The van der Waals surface area contributed by atoms with E-state index in [4.69, 9.17) is 0 Å². The number of benzene rings is 2. The molecule has 7 nitrogen and oxygen atoms in total. The van der Waals surface area contributed by atoms with Crippen LogP contribution in [0.15, 0.2) is 48.5 Å². The maximum atomic E-state index is 12.5. The van der Waals surface area contributed by atoms with E-state index in [1.165, 1.54) is 18.2 Å². The molecule has 0 saturated carbocycles. The predicted molar refractivity (Wildman–Crippen MR) is 98.0 cm³/mol. The average Bonchev–Trinajstić information content (AvgIpc) is 3.04. The Labute approximate surface area is 150 Å². The number of nitrogens with one attached hydrogen (secondary N) is 1. The number of amides is 2. The van der Waals surface area contributed by atoms with Crippen molar-refractivity contribution in [1.82, 2.24) is 0 Å². The second-order valence-corrected chi connectivity index (χ2v) is 6.23. The van der Waals surface area contributed by atoms with Crippen LogP contribution in [0, 0.1) is 16.0 Å². The van der Waals surface area contributed by atoms with Crippen molar-refractivity contribution in [3.05, 3.63) is 64.2 Å². The zero-order valence-electron chi connectivity index (χ0n) is 14.3. The molecule has 2 amide bonds. The number of anilines is 2. The molecule has 2 aromatic carbocycles. The maximum Gasteiger partial charge on any atom is 0.271 e. The van der Waals surface area contributed by atoms with Gasteiger partial charge in [0.2, 0.25) is 11.8 Å². The Balaban J connectivity index is 1.71. The number of carbonyl (C=O) groups is 2. The van der Waals surface area contributed by atoms with Crippen LogP contribution in [0.5, 0.6) is 0 Å². The van der Waals surface area contributed by atoms with Gasteiger partial charge in [0.05, 0.1) is 10.8 Å². The third kappa shape index (κ3) is 3.72. The van der Waals surface area contributed by atoms with E-state index in [0.717, 1.165) is 17.7 Å². The van der Waals surface area contributed by atoms with Gasteiger partial charge in [0, 0.05) is 36.5 Å². The van der Waals surface area contributed by atoms with E-state index < -0.39 is 10.8 Å². The number of nitro groups is 1. The van der Waals surface area contributed by atoms with Gasteiger partial charge in [-0.3, -0.25) is 19.7 Å². The van der Waals surface area contributed by atoms with Crippen LogP contribution in [0.1, 0.15) is 18.9 Å². The molecule has 1 unspecified atom stereocenters. The molecule has 1 heterocycles. The summed E-state index contributed by atoms with van der Waals surface area (Å²) in [5.74, 6) is -0.905. The molecule has 134 valence electrons. The molecule has 3 rings (SSSR count). The van der Waals surface area contributed by atoms with Crippen molar-refractivity contribution in [3.63, 3.8) is 0 Å². The van der Waals surface area contributed by atoms with Gasteiger partial charge in [-0.25, -0.2) is 0 Å². The molecule has 0 spiro atoms. The third-order valence-electron chi connectivity index (χ3n) is 4.45. The topological polar surface area (TPSA) is 92.6 Å². The highest BCUT2D eigenvalue weighted by Gasteiger charge is 2.35. The van der Waals surface area contributed by atoms with E-state index >= 15 is 0 Å². The zero-order valence-corrected chi connectivity index (χ0v) is 14.3. The van der Waals surface area contributed by atoms with Crippen molar-refractivity contribution in [2.45, 2.75) is 19.8 Å². The van der Waals surface area contributed by atoms with Crippen LogP contribution in [0.3, 0.4) is 0 Å². The van der Waals surface area contributed by atoms with Crippen LogP contribution in [0.2, 0.25) is 0 Å². The number of nitrogens with zero attached hydrogens (tertiary/aromatic N) is 2. The fourth-order valence-corrected chi connectivity index (χ4v) is 3.02. The summed E-state index contributed by atoms with van der Waals surface area (Å²) < 4.78 is 0. The average molecular weight is 353 g/mol. The van der Waals surface area contributed by atoms with Crippen molar-refractivity contribution in [1.29, 1.82) is 0 Å². The molecule has 2 aromatic rings. The Morgan fingerprint density at radius 3 is 2.77 bits per heavy atom. The number of non-ortho nitro benzene ring substituents is 1. The van der Waals surface area contributed by atoms with E-state index in [1.54, 1.807) is 11.0 Å². The van der Waals surface area contributed by atoms with Gasteiger partial charge < -0.3 is 10.2 Å². The van der Waals surface area contributed by atoms with Gasteiger partial charge in [-0.15, -0.1) is 0 Å². The standard InChI is InChI=1S/C19H19N3O4/c1-2-13-5-3-7-16(9-13)21-12-14(10-18(21)23)19(24)20-15-6-4-8-17(11-15)22(25)26/h3-9,11,14H,2,10,12H2,1H3,(H,20,24). The zero-order chi connectivity index (χ0) is 18.7. The highest BCUT2D eigenvalue weighted by Crippen LogP contribution is 2.27. The normalized spacial score (nSPS) is 16.6. The molecule has 1 N–H and O–H groups in total. The van der Waals surface area contributed by atoms with Gasteiger partial charge >= 0.3 is 0 Å². The maximum absolute atomic E-state index is 12.5. The fraction of sp³-hybridized carbons (Fsp3) is 0.263. The van der Waals surface area contributed by atoms with Crippen LogP contribution in [-0.4, -0.2) is 23.3 Å². The van der Waals surface area contributed by atoms with Gasteiger partial charge in [-0.05, 0) is 30.2 Å². The summed E-state index contributed by atoms with van der Waals surface area (Å²) >= 11 is 0. The molecule has 1 atom stereocenters. The van der Waals surface area contributed by atoms with E-state index in [1.807, 2.05) is 31.2 Å².